The van der Waals surface area contributed by atoms with Crippen molar-refractivity contribution in [3.63, 3.8) is 0 Å². The predicted molar refractivity (Wildman–Crippen MR) is 68.5 cm³/mol. The Morgan fingerprint density at radius 2 is 1.81 bits per heavy atom. The zero-order valence-corrected chi connectivity index (χ0v) is 10.9. The lowest BCUT2D eigenvalue weighted by molar-refractivity contribution is 0.254. The summed E-state index contributed by atoms with van der Waals surface area (Å²) >= 11 is 11.7. The summed E-state index contributed by atoms with van der Waals surface area (Å²) in [5, 5.41) is 1.12. The summed E-state index contributed by atoms with van der Waals surface area (Å²) < 4.78 is 5.51. The van der Waals surface area contributed by atoms with Gasteiger partial charge in [-0.15, -0.1) is 0 Å². The number of hydrogen-bond donors (Lipinski definition) is 1. The molecule has 2 N–H and O–H groups in total. The van der Waals surface area contributed by atoms with E-state index < -0.39 is 0 Å². The van der Waals surface area contributed by atoms with Gasteiger partial charge in [0.1, 0.15) is 12.4 Å². The molecule has 0 spiro atoms. The number of rotatable bonds is 5. The summed E-state index contributed by atoms with van der Waals surface area (Å²) in [5.74, 6) is 0.645. The van der Waals surface area contributed by atoms with E-state index in [1.807, 2.05) is 19.0 Å². The quantitative estimate of drug-likeness (QED) is 0.885. The minimum absolute atomic E-state index is 0.0345. The van der Waals surface area contributed by atoms with Gasteiger partial charge in [0, 0.05) is 16.6 Å². The van der Waals surface area contributed by atoms with Crippen molar-refractivity contribution in [1.29, 1.82) is 0 Å². The molecule has 0 saturated heterocycles. The summed E-state index contributed by atoms with van der Waals surface area (Å²) in [7, 11) is 3.94. The van der Waals surface area contributed by atoms with Gasteiger partial charge in [-0.1, -0.05) is 23.2 Å². The van der Waals surface area contributed by atoms with Gasteiger partial charge in [-0.2, -0.15) is 0 Å². The van der Waals surface area contributed by atoms with Gasteiger partial charge < -0.3 is 15.4 Å². The van der Waals surface area contributed by atoms with Crippen LogP contribution in [0.1, 0.15) is 0 Å². The molecule has 5 heteroatoms. The van der Waals surface area contributed by atoms with Crippen molar-refractivity contribution < 1.29 is 4.74 Å². The zero-order chi connectivity index (χ0) is 12.1. The van der Waals surface area contributed by atoms with Crippen LogP contribution in [0.15, 0.2) is 18.2 Å². The Balaban J connectivity index is 2.48. The fourth-order valence-corrected chi connectivity index (χ4v) is 1.84. The van der Waals surface area contributed by atoms with Gasteiger partial charge in [0.25, 0.3) is 0 Å². The van der Waals surface area contributed by atoms with Crippen molar-refractivity contribution in [2.45, 2.75) is 6.04 Å². The second-order valence-corrected chi connectivity index (χ2v) is 4.81. The third-order valence-electron chi connectivity index (χ3n) is 1.90. The summed E-state index contributed by atoms with van der Waals surface area (Å²) in [6.07, 6.45) is 0. The molecule has 1 aromatic carbocycles. The Morgan fingerprint density at radius 1 is 1.25 bits per heavy atom. The van der Waals surface area contributed by atoms with Crippen molar-refractivity contribution in [2.75, 3.05) is 27.2 Å². The fourth-order valence-electron chi connectivity index (χ4n) is 1.34. The van der Waals surface area contributed by atoms with Gasteiger partial charge in [-0.3, -0.25) is 0 Å². The molecule has 16 heavy (non-hydrogen) atoms. The molecule has 0 aromatic heterocycles. The van der Waals surface area contributed by atoms with E-state index in [0.29, 0.717) is 22.4 Å². The van der Waals surface area contributed by atoms with Crippen LogP contribution in [0.25, 0.3) is 0 Å². The standard InChI is InChI=1S/C11H16Cl2N2O/c1-15(2)6-10(14)7-16-11-4-8(12)3-9(13)5-11/h3-5,10H,6-7,14H2,1-2H3. The second-order valence-electron chi connectivity index (χ2n) is 3.94. The second kappa shape index (κ2) is 6.30. The lowest BCUT2D eigenvalue weighted by atomic mass is 10.3. The summed E-state index contributed by atoms with van der Waals surface area (Å²) in [5.41, 5.74) is 5.87. The average molecular weight is 263 g/mol. The predicted octanol–water partition coefficient (Wildman–Crippen LogP) is 2.26. The molecule has 3 nitrogen and oxygen atoms in total. The van der Waals surface area contributed by atoms with Crippen molar-refractivity contribution in [3.8, 4) is 5.75 Å². The molecule has 0 aliphatic carbocycles. The first-order valence-electron chi connectivity index (χ1n) is 4.96. The number of benzene rings is 1. The molecular formula is C11H16Cl2N2O. The van der Waals surface area contributed by atoms with Crippen molar-refractivity contribution in [2.24, 2.45) is 5.73 Å². The van der Waals surface area contributed by atoms with E-state index in [1.165, 1.54) is 0 Å². The first-order chi connectivity index (χ1) is 7.47. The van der Waals surface area contributed by atoms with Crippen LogP contribution in [-0.2, 0) is 0 Å². The van der Waals surface area contributed by atoms with E-state index in [0.717, 1.165) is 6.54 Å². The van der Waals surface area contributed by atoms with E-state index in [1.54, 1.807) is 18.2 Å². The summed E-state index contributed by atoms with van der Waals surface area (Å²) in [6.45, 7) is 1.21. The first-order valence-corrected chi connectivity index (χ1v) is 5.72. The van der Waals surface area contributed by atoms with Crippen molar-refractivity contribution in [3.05, 3.63) is 28.2 Å². The van der Waals surface area contributed by atoms with Gasteiger partial charge in [-0.05, 0) is 32.3 Å². The molecule has 0 fully saturated rings. The van der Waals surface area contributed by atoms with E-state index >= 15 is 0 Å². The minimum atomic E-state index is -0.0345. The number of hydrogen-bond acceptors (Lipinski definition) is 3. The maximum Gasteiger partial charge on any atom is 0.122 e. The smallest absolute Gasteiger partial charge is 0.122 e. The number of likely N-dealkylation sites (N-methyl/N-ethyl adjacent to an activating group) is 1. The van der Waals surface area contributed by atoms with Crippen molar-refractivity contribution >= 4 is 23.2 Å². The zero-order valence-electron chi connectivity index (χ0n) is 9.41. The van der Waals surface area contributed by atoms with E-state index in [4.69, 9.17) is 33.7 Å². The third kappa shape index (κ3) is 5.03. The lowest BCUT2D eigenvalue weighted by Crippen LogP contribution is -2.37. The van der Waals surface area contributed by atoms with E-state index in [2.05, 4.69) is 0 Å². The Hall–Kier alpha value is -0.480. The molecule has 0 radical (unpaired) electrons. The van der Waals surface area contributed by atoms with Crippen LogP contribution in [0.3, 0.4) is 0 Å². The molecule has 1 rings (SSSR count). The van der Waals surface area contributed by atoms with Crippen molar-refractivity contribution in [1.82, 2.24) is 4.90 Å². The molecule has 0 bridgehead atoms. The maximum absolute atomic E-state index is 5.87. The van der Waals surface area contributed by atoms with Crippen LogP contribution in [0, 0.1) is 0 Å². The lowest BCUT2D eigenvalue weighted by Gasteiger charge is -2.17. The van der Waals surface area contributed by atoms with Gasteiger partial charge >= 0.3 is 0 Å². The highest BCUT2D eigenvalue weighted by molar-refractivity contribution is 6.34. The largest absolute Gasteiger partial charge is 0.492 e. The average Bonchev–Trinajstić information content (AvgIpc) is 2.12. The van der Waals surface area contributed by atoms with E-state index in [-0.39, 0.29) is 6.04 Å². The maximum atomic E-state index is 5.87. The molecule has 0 aliphatic rings. The monoisotopic (exact) mass is 262 g/mol. The molecule has 1 atom stereocenters. The molecule has 0 amide bonds. The first kappa shape index (κ1) is 13.6. The third-order valence-corrected chi connectivity index (χ3v) is 2.34. The van der Waals surface area contributed by atoms with Crippen LogP contribution in [0.4, 0.5) is 0 Å². The Bertz CT molecular complexity index is 325. The van der Waals surface area contributed by atoms with Gasteiger partial charge in [0.15, 0.2) is 0 Å². The number of ether oxygens (including phenoxy) is 1. The molecular weight excluding hydrogens is 247 g/mol. The molecule has 0 aliphatic heterocycles. The molecule has 0 saturated carbocycles. The highest BCUT2D eigenvalue weighted by atomic mass is 35.5. The molecule has 1 unspecified atom stereocenters. The highest BCUT2D eigenvalue weighted by Crippen LogP contribution is 2.24. The van der Waals surface area contributed by atoms with Gasteiger partial charge in [0.05, 0.1) is 6.04 Å². The minimum Gasteiger partial charge on any atom is -0.492 e. The normalized spacial score (nSPS) is 12.9. The Kier molecular flexibility index (Phi) is 5.35. The highest BCUT2D eigenvalue weighted by Gasteiger charge is 2.06. The Morgan fingerprint density at radius 3 is 2.31 bits per heavy atom. The number of halogens is 2. The SMILES string of the molecule is CN(C)CC(N)COc1cc(Cl)cc(Cl)c1. The molecule has 90 valence electrons. The van der Waals surface area contributed by atoms with Crippen LogP contribution < -0.4 is 10.5 Å². The van der Waals surface area contributed by atoms with Crippen LogP contribution >= 0.6 is 23.2 Å². The Labute approximate surface area is 106 Å². The molecule has 1 aromatic rings. The number of nitrogens with zero attached hydrogens (tertiary/aromatic N) is 1. The van der Waals surface area contributed by atoms with Gasteiger partial charge in [-0.25, -0.2) is 0 Å². The fraction of sp³-hybridized carbons (Fsp3) is 0.455. The van der Waals surface area contributed by atoms with Crippen LogP contribution in [0.2, 0.25) is 10.0 Å². The number of nitrogens with two attached hydrogens (primary N) is 1. The van der Waals surface area contributed by atoms with E-state index in [9.17, 15) is 0 Å². The molecule has 0 heterocycles. The van der Waals surface area contributed by atoms with Gasteiger partial charge in [0.2, 0.25) is 0 Å². The van der Waals surface area contributed by atoms with Crippen LogP contribution in [0.5, 0.6) is 5.75 Å². The topological polar surface area (TPSA) is 38.5 Å². The van der Waals surface area contributed by atoms with Crippen LogP contribution in [-0.4, -0.2) is 38.2 Å². The summed E-state index contributed by atoms with van der Waals surface area (Å²) in [6, 6.07) is 5.06. The summed E-state index contributed by atoms with van der Waals surface area (Å²) in [4.78, 5) is 2.01.